The topological polar surface area (TPSA) is 135 Å². The lowest BCUT2D eigenvalue weighted by Gasteiger charge is -2.39. The van der Waals surface area contributed by atoms with Gasteiger partial charge in [0, 0.05) is 13.0 Å². The number of aliphatic hydroxyl groups is 4. The van der Waals surface area contributed by atoms with Crippen LogP contribution in [0, 0.1) is 0 Å². The fourth-order valence-corrected chi connectivity index (χ4v) is 6.51. The highest BCUT2D eigenvalue weighted by molar-refractivity contribution is 5.69. The van der Waals surface area contributed by atoms with Crippen molar-refractivity contribution in [3.05, 3.63) is 109 Å². The molecule has 1 saturated heterocycles. The normalized spacial score (nSPS) is 20.8. The summed E-state index contributed by atoms with van der Waals surface area (Å²) in [5.74, 6) is -0.342. The van der Waals surface area contributed by atoms with Crippen LogP contribution in [0.1, 0.15) is 155 Å². The van der Waals surface area contributed by atoms with Gasteiger partial charge in [-0.25, -0.2) is 0 Å². The Hall–Kier alpha value is -3.15. The van der Waals surface area contributed by atoms with E-state index < -0.39 is 43.4 Å². The minimum absolute atomic E-state index is 0.114. The van der Waals surface area contributed by atoms with Gasteiger partial charge in [0.05, 0.1) is 19.8 Å². The van der Waals surface area contributed by atoms with Crippen molar-refractivity contribution in [2.75, 3.05) is 26.4 Å². The number of carbonyl (C=O) groups is 1. The van der Waals surface area contributed by atoms with Crippen molar-refractivity contribution in [2.24, 2.45) is 0 Å². The first-order chi connectivity index (χ1) is 30.4. The van der Waals surface area contributed by atoms with Gasteiger partial charge in [0.2, 0.25) is 0 Å². The van der Waals surface area contributed by atoms with E-state index in [0.717, 1.165) is 128 Å². The van der Waals surface area contributed by atoms with E-state index in [9.17, 15) is 25.2 Å². The van der Waals surface area contributed by atoms with Gasteiger partial charge in [-0.05, 0) is 96.3 Å². The maximum Gasteiger partial charge on any atom is 0.306 e. The zero-order valence-electron chi connectivity index (χ0n) is 38.6. The van der Waals surface area contributed by atoms with Gasteiger partial charge in [0.25, 0.3) is 0 Å². The smallest absolute Gasteiger partial charge is 0.306 e. The molecule has 0 saturated carbocycles. The molecule has 0 radical (unpaired) electrons. The molecule has 0 bridgehead atoms. The van der Waals surface area contributed by atoms with Gasteiger partial charge in [0.1, 0.15) is 30.5 Å². The summed E-state index contributed by atoms with van der Waals surface area (Å²) in [5.41, 5.74) is 0. The summed E-state index contributed by atoms with van der Waals surface area (Å²) in [6, 6.07) is 0. The van der Waals surface area contributed by atoms with Crippen LogP contribution in [-0.2, 0) is 23.7 Å². The molecule has 62 heavy (non-hydrogen) atoms. The van der Waals surface area contributed by atoms with Gasteiger partial charge >= 0.3 is 5.97 Å². The molecule has 4 N–H and O–H groups in total. The molecule has 0 amide bonds. The maximum absolute atomic E-state index is 12.8. The second kappa shape index (κ2) is 43.1. The molecule has 1 aliphatic rings. The molecule has 9 heteroatoms. The Balaban J connectivity index is 2.29. The molecule has 1 rings (SSSR count). The van der Waals surface area contributed by atoms with Crippen LogP contribution >= 0.6 is 0 Å². The molecular weight excluding hydrogens is 781 g/mol. The molecule has 1 heterocycles. The van der Waals surface area contributed by atoms with E-state index in [-0.39, 0.29) is 25.6 Å². The molecule has 0 aromatic carbocycles. The van der Waals surface area contributed by atoms with Crippen molar-refractivity contribution < 1.29 is 44.2 Å². The van der Waals surface area contributed by atoms with Crippen LogP contribution in [0.15, 0.2) is 109 Å². The van der Waals surface area contributed by atoms with Crippen molar-refractivity contribution >= 4 is 5.97 Å². The van der Waals surface area contributed by atoms with Gasteiger partial charge in [-0.15, -0.1) is 0 Å². The predicted molar refractivity (Wildman–Crippen MR) is 256 cm³/mol. The minimum Gasteiger partial charge on any atom is -0.457 e. The Labute approximate surface area is 376 Å². The van der Waals surface area contributed by atoms with E-state index in [1.807, 2.05) is 0 Å². The average molecular weight is 867 g/mol. The second-order valence-corrected chi connectivity index (χ2v) is 15.8. The number of unbranched alkanes of at least 4 members (excludes halogenated alkanes) is 10. The van der Waals surface area contributed by atoms with Crippen LogP contribution in [0.5, 0.6) is 0 Å². The van der Waals surface area contributed by atoms with Crippen LogP contribution in [0.4, 0.5) is 0 Å². The van der Waals surface area contributed by atoms with Gasteiger partial charge < -0.3 is 39.4 Å². The summed E-state index contributed by atoms with van der Waals surface area (Å²) in [7, 11) is 0. The summed E-state index contributed by atoms with van der Waals surface area (Å²) in [6.07, 6.45) is 54.0. The van der Waals surface area contributed by atoms with Crippen LogP contribution in [0.25, 0.3) is 0 Å². The van der Waals surface area contributed by atoms with Crippen molar-refractivity contribution in [1.29, 1.82) is 0 Å². The van der Waals surface area contributed by atoms with E-state index in [2.05, 4.69) is 123 Å². The quantitative estimate of drug-likeness (QED) is 0.0271. The zero-order valence-corrected chi connectivity index (χ0v) is 38.6. The van der Waals surface area contributed by atoms with Crippen LogP contribution in [0.3, 0.4) is 0 Å². The Morgan fingerprint density at radius 1 is 0.516 bits per heavy atom. The lowest BCUT2D eigenvalue weighted by atomic mass is 9.99. The fourth-order valence-electron chi connectivity index (χ4n) is 6.51. The van der Waals surface area contributed by atoms with Gasteiger partial charge in [-0.3, -0.25) is 4.79 Å². The first kappa shape index (κ1) is 56.9. The molecule has 0 aromatic heterocycles. The van der Waals surface area contributed by atoms with Crippen LogP contribution in [-0.4, -0.2) is 89.6 Å². The van der Waals surface area contributed by atoms with Crippen molar-refractivity contribution in [1.82, 2.24) is 0 Å². The summed E-state index contributed by atoms with van der Waals surface area (Å²) in [4.78, 5) is 12.8. The largest absolute Gasteiger partial charge is 0.457 e. The molecular formula is C53H86O9. The van der Waals surface area contributed by atoms with Crippen LogP contribution in [0.2, 0.25) is 0 Å². The summed E-state index contributed by atoms with van der Waals surface area (Å²) in [6.45, 7) is 4.23. The molecule has 9 nitrogen and oxygen atoms in total. The van der Waals surface area contributed by atoms with E-state index >= 15 is 0 Å². The highest BCUT2D eigenvalue weighted by atomic mass is 16.7. The second-order valence-electron chi connectivity index (χ2n) is 15.8. The molecule has 352 valence electrons. The first-order valence-corrected chi connectivity index (χ1v) is 24.0. The fraction of sp³-hybridized carbons (Fsp3) is 0.642. The number of aliphatic hydroxyl groups excluding tert-OH is 4. The summed E-state index contributed by atoms with van der Waals surface area (Å²) >= 11 is 0. The van der Waals surface area contributed by atoms with E-state index in [1.54, 1.807) is 0 Å². The summed E-state index contributed by atoms with van der Waals surface area (Å²) in [5, 5.41) is 40.2. The summed E-state index contributed by atoms with van der Waals surface area (Å²) < 4.78 is 22.8. The molecule has 0 aromatic rings. The number of rotatable bonds is 39. The third kappa shape index (κ3) is 33.4. The Morgan fingerprint density at radius 3 is 1.40 bits per heavy atom. The highest BCUT2D eigenvalue weighted by Gasteiger charge is 2.44. The number of esters is 1. The van der Waals surface area contributed by atoms with Crippen molar-refractivity contribution in [3.8, 4) is 0 Å². The molecule has 0 spiro atoms. The standard InChI is InChI=1S/C53H86O9/c1-3-5-7-9-11-13-15-17-19-21-23-25-27-29-31-33-35-37-39-41-43-59-45-47(46-60-53-52(58)51(57)50(56)48(44-54)62-53)61-49(55)42-40-38-36-34-32-30-28-26-24-22-20-18-16-14-12-10-8-6-4-2/h5-8,11-14,17-20,23-26,29,31,47-48,50-54,56-58H,3-4,9-10,15-16,21-22,27-28,30,32-46H2,1-2H3/b7-5-,8-6-,13-11-,14-12-,19-17-,20-18-,25-23-,26-24-,31-29-. The molecule has 1 fully saturated rings. The Bertz CT molecular complexity index is 1310. The SMILES string of the molecule is CC/C=C\C/C=C\C/C=C\C/C=C\C/C=C\CCCCCCOCC(COC1OC(CO)C(O)C(O)C1O)OC(=O)CCCCCCCC/C=C\C/C=C\C/C=C\C/C=C\CC. The number of carbonyl (C=O) groups excluding carboxylic acids is 1. The Morgan fingerprint density at radius 2 is 0.935 bits per heavy atom. The molecule has 1 aliphatic heterocycles. The number of hydrogen-bond acceptors (Lipinski definition) is 9. The number of hydrogen-bond donors (Lipinski definition) is 4. The van der Waals surface area contributed by atoms with Crippen molar-refractivity contribution in [3.63, 3.8) is 0 Å². The number of allylic oxidation sites excluding steroid dienone is 18. The van der Waals surface area contributed by atoms with Crippen molar-refractivity contribution in [2.45, 2.75) is 192 Å². The highest BCUT2D eigenvalue weighted by Crippen LogP contribution is 2.22. The van der Waals surface area contributed by atoms with Gasteiger partial charge in [0.15, 0.2) is 6.29 Å². The first-order valence-electron chi connectivity index (χ1n) is 24.0. The van der Waals surface area contributed by atoms with E-state index in [4.69, 9.17) is 18.9 Å². The predicted octanol–water partition coefficient (Wildman–Crippen LogP) is 11.4. The third-order valence-corrected chi connectivity index (χ3v) is 10.2. The van der Waals surface area contributed by atoms with Gasteiger partial charge in [-0.2, -0.15) is 0 Å². The minimum atomic E-state index is -1.55. The van der Waals surface area contributed by atoms with E-state index in [1.165, 1.54) is 6.42 Å². The lowest BCUT2D eigenvalue weighted by molar-refractivity contribution is -0.305. The number of ether oxygens (including phenoxy) is 4. The molecule has 0 aliphatic carbocycles. The lowest BCUT2D eigenvalue weighted by Crippen LogP contribution is -2.59. The van der Waals surface area contributed by atoms with Crippen LogP contribution < -0.4 is 0 Å². The molecule has 6 unspecified atom stereocenters. The maximum atomic E-state index is 12.8. The Kier molecular flexibility index (Phi) is 39.5. The average Bonchev–Trinajstić information content (AvgIpc) is 3.27. The van der Waals surface area contributed by atoms with Gasteiger partial charge in [-0.1, -0.05) is 162 Å². The molecule has 6 atom stereocenters. The third-order valence-electron chi connectivity index (χ3n) is 10.2. The van der Waals surface area contributed by atoms with E-state index in [0.29, 0.717) is 6.61 Å². The zero-order chi connectivity index (χ0) is 45.0. The monoisotopic (exact) mass is 867 g/mol.